The normalized spacial score (nSPS) is 16.6. The topological polar surface area (TPSA) is 157 Å². The van der Waals surface area contributed by atoms with Gasteiger partial charge in [0.15, 0.2) is 0 Å². The number of hydrogen-bond donors (Lipinski definition) is 0. The molecular formula is C40H41Cl2N7O6. The molecule has 13 nitrogen and oxygen atoms in total. The van der Waals surface area contributed by atoms with E-state index in [9.17, 15) is 24.0 Å². The summed E-state index contributed by atoms with van der Waals surface area (Å²) in [6, 6.07) is 26.6. The van der Waals surface area contributed by atoms with E-state index >= 15 is 0 Å². The van der Waals surface area contributed by atoms with E-state index in [0.29, 0.717) is 55.5 Å². The Hall–Kier alpha value is -5.68. The fourth-order valence-electron chi connectivity index (χ4n) is 5.85. The lowest BCUT2D eigenvalue weighted by Crippen LogP contribution is -2.56. The molecule has 3 amide bonds. The number of nitrogens with zero attached hydrogens (tertiary/aromatic N) is 7. The van der Waals surface area contributed by atoms with Crippen molar-refractivity contribution in [1.29, 1.82) is 5.26 Å². The summed E-state index contributed by atoms with van der Waals surface area (Å²) in [5.74, 6) is -1.61. The first kappa shape index (κ1) is 42.1. The number of hydrogen-bond acceptors (Lipinski definition) is 10. The minimum Gasteiger partial charge on any atom is -0.465 e. The second kappa shape index (κ2) is 20.7. The van der Waals surface area contributed by atoms with Crippen LogP contribution in [0, 0.1) is 11.3 Å². The summed E-state index contributed by atoms with van der Waals surface area (Å²) in [5, 5.41) is 9.34. The lowest BCUT2D eigenvalue weighted by molar-refractivity contribution is -0.130. The first-order valence-electron chi connectivity index (χ1n) is 17.4. The molecule has 4 heterocycles. The number of carbonyl (C=O) groups is 5. The maximum absolute atomic E-state index is 12.6. The van der Waals surface area contributed by atoms with Crippen molar-refractivity contribution in [3.8, 4) is 6.07 Å². The van der Waals surface area contributed by atoms with E-state index in [1.165, 1.54) is 42.6 Å². The largest absolute Gasteiger partial charge is 0.465 e. The molecule has 0 N–H and O–H groups in total. The Labute approximate surface area is 330 Å². The molecule has 0 unspecified atom stereocenters. The predicted octanol–water partition coefficient (Wildman–Crippen LogP) is 5.17. The molecule has 2 saturated heterocycles. The van der Waals surface area contributed by atoms with Crippen molar-refractivity contribution in [1.82, 2.24) is 29.6 Å². The quantitative estimate of drug-likeness (QED) is 0.0840. The van der Waals surface area contributed by atoms with E-state index in [-0.39, 0.29) is 34.6 Å². The molecule has 0 saturated carbocycles. The minimum absolute atomic E-state index is 0.0715. The Morgan fingerprint density at radius 3 is 1.62 bits per heavy atom. The van der Waals surface area contributed by atoms with Crippen molar-refractivity contribution in [2.24, 2.45) is 0 Å². The van der Waals surface area contributed by atoms with Gasteiger partial charge in [0, 0.05) is 80.4 Å². The molecular weight excluding hydrogens is 745 g/mol. The van der Waals surface area contributed by atoms with E-state index in [0.717, 1.165) is 12.1 Å². The first-order chi connectivity index (χ1) is 26.4. The molecule has 2 aromatic carbocycles. The van der Waals surface area contributed by atoms with Gasteiger partial charge in [0.05, 0.1) is 25.3 Å². The molecule has 2 aliphatic heterocycles. The molecule has 0 aliphatic carbocycles. The number of pyridine rings is 2. The monoisotopic (exact) mass is 785 g/mol. The van der Waals surface area contributed by atoms with E-state index < -0.39 is 17.7 Å². The average Bonchev–Trinajstić information content (AvgIpc) is 3.22. The molecule has 286 valence electrons. The molecule has 0 bridgehead atoms. The fraction of sp³-hybridized carbons (Fsp3) is 0.300. The van der Waals surface area contributed by atoms with Crippen molar-refractivity contribution in [3.63, 3.8) is 0 Å². The Balaban J connectivity index is 0.000000201. The predicted molar refractivity (Wildman–Crippen MR) is 207 cm³/mol. The van der Waals surface area contributed by atoms with Gasteiger partial charge in [-0.25, -0.2) is 14.8 Å². The van der Waals surface area contributed by atoms with Crippen LogP contribution >= 0.6 is 23.2 Å². The summed E-state index contributed by atoms with van der Waals surface area (Å²) < 4.78 is 4.45. The lowest BCUT2D eigenvalue weighted by atomic mass is 10.1. The van der Waals surface area contributed by atoms with Crippen LogP contribution in [-0.4, -0.2) is 124 Å². The molecule has 2 aromatic heterocycles. The number of aromatic nitrogens is 2. The Bertz CT molecular complexity index is 1960. The maximum atomic E-state index is 12.6. The second-order valence-electron chi connectivity index (χ2n) is 12.6. The summed E-state index contributed by atoms with van der Waals surface area (Å²) in [6.07, 6.45) is 2.66. The van der Waals surface area contributed by atoms with Crippen molar-refractivity contribution in [2.45, 2.75) is 25.9 Å². The zero-order valence-electron chi connectivity index (χ0n) is 30.7. The Morgan fingerprint density at radius 2 is 1.18 bits per heavy atom. The van der Waals surface area contributed by atoms with Gasteiger partial charge in [-0.1, -0.05) is 59.6 Å². The summed E-state index contributed by atoms with van der Waals surface area (Å²) in [6.45, 7) is 7.56. The summed E-state index contributed by atoms with van der Waals surface area (Å²) in [4.78, 5) is 75.3. The van der Waals surface area contributed by atoms with Gasteiger partial charge in [0.2, 0.25) is 0 Å². The zero-order chi connectivity index (χ0) is 39.9. The van der Waals surface area contributed by atoms with Crippen molar-refractivity contribution < 1.29 is 28.7 Å². The third-order valence-electron chi connectivity index (χ3n) is 8.88. The van der Waals surface area contributed by atoms with Crippen LogP contribution in [0.2, 0.25) is 10.3 Å². The van der Waals surface area contributed by atoms with Crippen LogP contribution in [0.25, 0.3) is 0 Å². The van der Waals surface area contributed by atoms with E-state index in [4.69, 9.17) is 28.5 Å². The smallest absolute Gasteiger partial charge is 0.339 e. The summed E-state index contributed by atoms with van der Waals surface area (Å²) >= 11 is 11.2. The maximum Gasteiger partial charge on any atom is 0.339 e. The first-order valence-corrected chi connectivity index (χ1v) is 18.1. The zero-order valence-corrected chi connectivity index (χ0v) is 32.2. The molecule has 15 heteroatoms. The van der Waals surface area contributed by atoms with Gasteiger partial charge in [-0.15, -0.1) is 0 Å². The van der Waals surface area contributed by atoms with Gasteiger partial charge < -0.3 is 19.4 Å². The highest BCUT2D eigenvalue weighted by molar-refractivity contribution is 6.42. The van der Waals surface area contributed by atoms with Crippen LogP contribution in [0.3, 0.4) is 0 Å². The SMILES string of the molecule is COC(=O)c1ccc(Cl)nc1.C[C@@H]1CN(C(=O)c2ccccc2)CCN1C(=O)C(=O)c1ccc(Cl)nc1.C[C@@H]1CN(C(=O)c2ccccc2)CCN1CC#N. The average molecular weight is 787 g/mol. The third-order valence-corrected chi connectivity index (χ3v) is 9.32. The number of Topliss-reactive ketones (excluding diaryl/α,β-unsaturated/α-hetero) is 1. The van der Waals surface area contributed by atoms with Gasteiger partial charge in [0.25, 0.3) is 23.5 Å². The number of ketones is 1. The van der Waals surface area contributed by atoms with Crippen LogP contribution in [0.1, 0.15) is 55.3 Å². The van der Waals surface area contributed by atoms with E-state index in [1.54, 1.807) is 23.1 Å². The standard InChI is InChI=1S/C19H18ClN3O3.C14H17N3O.C7H6ClNO2/c1-13-12-22(18(25)14-5-3-2-4-6-14)9-10-23(13)19(26)17(24)15-7-8-16(20)21-11-15;1-12-11-17(10-9-16(12)8-7-15)14(18)13-5-3-2-4-6-13;1-11-7(10)5-2-3-6(8)9-4-5/h2-8,11,13H,9-10,12H2,1H3;2-6,12H,8-11H2,1H3;2-4H,1H3/t13-;12-;/m11./s1. The lowest BCUT2D eigenvalue weighted by Gasteiger charge is -2.39. The summed E-state index contributed by atoms with van der Waals surface area (Å²) in [7, 11) is 1.32. The highest BCUT2D eigenvalue weighted by Crippen LogP contribution is 2.16. The number of nitriles is 1. The van der Waals surface area contributed by atoms with Crippen LogP contribution in [0.4, 0.5) is 0 Å². The van der Waals surface area contributed by atoms with Gasteiger partial charge in [-0.2, -0.15) is 5.26 Å². The molecule has 0 spiro atoms. The van der Waals surface area contributed by atoms with E-state index in [1.807, 2.05) is 60.4 Å². The molecule has 6 rings (SSSR count). The number of carbonyl (C=O) groups excluding carboxylic acids is 5. The van der Waals surface area contributed by atoms with Crippen LogP contribution in [0.5, 0.6) is 0 Å². The minimum atomic E-state index is -0.621. The number of ether oxygens (including phenoxy) is 1. The van der Waals surface area contributed by atoms with Gasteiger partial charge in [-0.3, -0.25) is 24.1 Å². The Kier molecular flexibility index (Phi) is 15.8. The number of benzene rings is 2. The molecule has 2 aliphatic rings. The Morgan fingerprint density at radius 1 is 0.691 bits per heavy atom. The molecule has 55 heavy (non-hydrogen) atoms. The van der Waals surface area contributed by atoms with E-state index in [2.05, 4.69) is 32.6 Å². The van der Waals surface area contributed by atoms with Gasteiger partial charge in [0.1, 0.15) is 10.3 Å². The second-order valence-corrected chi connectivity index (χ2v) is 13.4. The number of piperazine rings is 2. The summed E-state index contributed by atoms with van der Waals surface area (Å²) in [5.41, 5.74) is 1.95. The molecule has 4 aromatic rings. The molecule has 0 radical (unpaired) electrons. The van der Waals surface area contributed by atoms with Crippen molar-refractivity contribution in [3.05, 3.63) is 130 Å². The molecule has 2 atom stereocenters. The third kappa shape index (κ3) is 11.9. The highest BCUT2D eigenvalue weighted by atomic mass is 35.5. The number of amides is 3. The van der Waals surface area contributed by atoms with Gasteiger partial charge >= 0.3 is 5.97 Å². The number of rotatable bonds is 6. The van der Waals surface area contributed by atoms with Crippen LogP contribution < -0.4 is 0 Å². The number of halogens is 2. The number of methoxy groups -OCH3 is 1. The van der Waals surface area contributed by atoms with Crippen LogP contribution in [-0.2, 0) is 9.53 Å². The fourth-order valence-corrected chi connectivity index (χ4v) is 6.08. The van der Waals surface area contributed by atoms with Gasteiger partial charge in [-0.05, 0) is 62.4 Å². The van der Waals surface area contributed by atoms with Crippen molar-refractivity contribution in [2.75, 3.05) is 52.9 Å². The molecule has 2 fully saturated rings. The van der Waals surface area contributed by atoms with Crippen LogP contribution in [0.15, 0.2) is 97.3 Å². The number of esters is 1. The highest BCUT2D eigenvalue weighted by Gasteiger charge is 2.33. The van der Waals surface area contributed by atoms with Crippen molar-refractivity contribution >= 4 is 52.7 Å².